The quantitative estimate of drug-likeness (QED) is 0.310. The minimum atomic E-state index is -0.265. The predicted octanol–water partition coefficient (Wildman–Crippen LogP) is 7.05. The Hall–Kier alpha value is -2.64. The molecule has 0 radical (unpaired) electrons. The van der Waals surface area contributed by atoms with E-state index < -0.39 is 0 Å². The maximum absolute atomic E-state index is 13.1. The van der Waals surface area contributed by atoms with Crippen molar-refractivity contribution in [2.45, 2.75) is 25.9 Å². The molecule has 0 unspecified atom stereocenters. The number of rotatable bonds is 4. The molecule has 1 aliphatic rings. The van der Waals surface area contributed by atoms with Crippen LogP contribution < -0.4 is 10.2 Å². The highest BCUT2D eigenvalue weighted by molar-refractivity contribution is 7.21. The highest BCUT2D eigenvalue weighted by atomic mass is 35.5. The van der Waals surface area contributed by atoms with Gasteiger partial charge in [0.05, 0.1) is 25.8 Å². The summed E-state index contributed by atoms with van der Waals surface area (Å²) in [5, 5.41) is 4.79. The molecule has 1 aromatic heterocycles. The molecule has 1 saturated heterocycles. The number of carbonyl (C=O) groups excluding carboxylic acids is 1. The lowest BCUT2D eigenvalue weighted by molar-refractivity contribution is 0.102. The summed E-state index contributed by atoms with van der Waals surface area (Å²) in [7, 11) is 2.16. The first kappa shape index (κ1) is 24.1. The zero-order valence-electron chi connectivity index (χ0n) is 19.8. The molecule has 1 aliphatic heterocycles. The van der Waals surface area contributed by atoms with Crippen LogP contribution in [-0.4, -0.2) is 48.0 Å². The molecular weight excluding hydrogens is 499 g/mol. The number of hydrogen-bond acceptors (Lipinski definition) is 5. The minimum absolute atomic E-state index is 0.265. The third-order valence-electron chi connectivity index (χ3n) is 6.67. The fourth-order valence-electron chi connectivity index (χ4n) is 4.45. The molecule has 0 bridgehead atoms. The molecule has 2 heterocycles. The number of amides is 1. The van der Waals surface area contributed by atoms with E-state index in [0.717, 1.165) is 39.6 Å². The number of hydrogen-bond donors (Lipinski definition) is 1. The van der Waals surface area contributed by atoms with Crippen LogP contribution in [0, 0.1) is 0 Å². The maximum Gasteiger partial charge on any atom is 0.257 e. The van der Waals surface area contributed by atoms with Gasteiger partial charge in [-0.05, 0) is 69.4 Å². The van der Waals surface area contributed by atoms with Gasteiger partial charge < -0.3 is 10.2 Å². The zero-order valence-corrected chi connectivity index (χ0v) is 22.1. The van der Waals surface area contributed by atoms with Gasteiger partial charge >= 0.3 is 0 Å². The Morgan fingerprint density at radius 1 is 1.00 bits per heavy atom. The summed E-state index contributed by atoms with van der Waals surface area (Å²) in [6.45, 7) is 6.28. The van der Waals surface area contributed by atoms with Gasteiger partial charge in [0, 0.05) is 42.1 Å². The molecule has 1 fully saturated rings. The average Bonchev–Trinajstić information content (AvgIpc) is 3.27. The number of piperazine rings is 1. The Morgan fingerprint density at radius 3 is 2.46 bits per heavy atom. The Labute approximate surface area is 219 Å². The Kier molecular flexibility index (Phi) is 6.73. The van der Waals surface area contributed by atoms with E-state index in [2.05, 4.69) is 36.0 Å². The molecule has 0 aliphatic carbocycles. The van der Waals surface area contributed by atoms with Gasteiger partial charge in [-0.1, -0.05) is 35.3 Å². The molecule has 1 amide bonds. The predicted molar refractivity (Wildman–Crippen MR) is 148 cm³/mol. The van der Waals surface area contributed by atoms with Crippen molar-refractivity contribution in [3.8, 4) is 10.6 Å². The summed E-state index contributed by atoms with van der Waals surface area (Å²) >= 11 is 14.6. The number of fused-ring (bicyclic) bond motifs is 1. The third kappa shape index (κ3) is 4.89. The van der Waals surface area contributed by atoms with Gasteiger partial charge in [0.25, 0.3) is 5.91 Å². The molecule has 1 N–H and O–H groups in total. The summed E-state index contributed by atoms with van der Waals surface area (Å²) in [5.74, 6) is -0.265. The highest BCUT2D eigenvalue weighted by Crippen LogP contribution is 2.36. The maximum atomic E-state index is 13.1. The molecule has 3 aromatic carbocycles. The monoisotopic (exact) mass is 524 g/mol. The second kappa shape index (κ2) is 9.78. The first-order valence-electron chi connectivity index (χ1n) is 11.5. The van der Waals surface area contributed by atoms with Crippen LogP contribution in [0.5, 0.6) is 0 Å². The van der Waals surface area contributed by atoms with E-state index in [9.17, 15) is 4.79 Å². The van der Waals surface area contributed by atoms with Crippen LogP contribution in [0.2, 0.25) is 10.0 Å². The van der Waals surface area contributed by atoms with Crippen LogP contribution in [-0.2, 0) is 0 Å². The van der Waals surface area contributed by atoms with E-state index in [0.29, 0.717) is 33.4 Å². The summed E-state index contributed by atoms with van der Waals surface area (Å²) in [5.41, 5.74) is 3.81. The lowest BCUT2D eigenvalue weighted by Crippen LogP contribution is -2.55. The van der Waals surface area contributed by atoms with Crippen molar-refractivity contribution >= 4 is 62.0 Å². The van der Waals surface area contributed by atoms with Gasteiger partial charge in [0.2, 0.25) is 0 Å². The van der Waals surface area contributed by atoms with Crippen molar-refractivity contribution in [2.75, 3.05) is 30.4 Å². The number of carbonyl (C=O) groups is 1. The van der Waals surface area contributed by atoms with Crippen molar-refractivity contribution in [3.63, 3.8) is 0 Å². The Balaban J connectivity index is 1.36. The first-order valence-corrected chi connectivity index (χ1v) is 13.1. The number of thiazole rings is 1. The summed E-state index contributed by atoms with van der Waals surface area (Å²) in [6.07, 6.45) is 0. The van der Waals surface area contributed by atoms with Crippen LogP contribution in [0.25, 0.3) is 20.8 Å². The van der Waals surface area contributed by atoms with E-state index in [1.807, 2.05) is 42.5 Å². The van der Waals surface area contributed by atoms with E-state index in [4.69, 9.17) is 28.2 Å². The molecule has 180 valence electrons. The largest absolute Gasteiger partial charge is 0.368 e. The Bertz CT molecular complexity index is 1360. The number of likely N-dealkylation sites (N-methyl/N-ethyl adjacent to an activating group) is 1. The number of aromatic nitrogens is 1. The fourth-order valence-corrected chi connectivity index (χ4v) is 5.97. The van der Waals surface area contributed by atoms with Crippen molar-refractivity contribution in [3.05, 3.63) is 76.3 Å². The van der Waals surface area contributed by atoms with Crippen molar-refractivity contribution in [1.82, 2.24) is 9.88 Å². The van der Waals surface area contributed by atoms with Gasteiger partial charge in [-0.25, -0.2) is 4.98 Å². The van der Waals surface area contributed by atoms with Crippen LogP contribution in [0.3, 0.4) is 0 Å². The summed E-state index contributed by atoms with van der Waals surface area (Å²) in [6, 6.07) is 19.9. The highest BCUT2D eigenvalue weighted by Gasteiger charge is 2.27. The van der Waals surface area contributed by atoms with E-state index in [-0.39, 0.29) is 5.91 Å². The number of nitrogens with zero attached hydrogens (tertiary/aromatic N) is 3. The normalized spacial score (nSPS) is 18.7. The molecule has 0 spiro atoms. The molecule has 5 nitrogen and oxygen atoms in total. The second-order valence-corrected chi connectivity index (χ2v) is 10.9. The number of benzene rings is 3. The smallest absolute Gasteiger partial charge is 0.257 e. The third-order valence-corrected chi connectivity index (χ3v) is 8.38. The zero-order chi connectivity index (χ0) is 24.7. The Morgan fingerprint density at radius 2 is 1.74 bits per heavy atom. The van der Waals surface area contributed by atoms with Crippen molar-refractivity contribution < 1.29 is 4.79 Å². The lowest BCUT2D eigenvalue weighted by Gasteiger charge is -2.43. The average molecular weight is 526 g/mol. The van der Waals surface area contributed by atoms with Crippen molar-refractivity contribution in [2.24, 2.45) is 0 Å². The second-order valence-electron chi connectivity index (χ2n) is 9.07. The van der Waals surface area contributed by atoms with Crippen LogP contribution in [0.4, 0.5) is 11.4 Å². The number of nitrogens with one attached hydrogen (secondary N) is 1. The topological polar surface area (TPSA) is 48.5 Å². The molecule has 8 heteroatoms. The SMILES string of the molecule is C[C@@H]1CN(c2ccc(C(=O)Nc3ccc(Cl)c(-c4nc5ccccc5s4)c3)c(Cl)c2)C[C@H](C)N1C. The van der Waals surface area contributed by atoms with Gasteiger partial charge in [0.1, 0.15) is 5.01 Å². The van der Waals surface area contributed by atoms with E-state index in [1.54, 1.807) is 29.5 Å². The van der Waals surface area contributed by atoms with Gasteiger partial charge in [-0.3, -0.25) is 9.69 Å². The number of para-hydroxylation sites is 1. The van der Waals surface area contributed by atoms with Crippen molar-refractivity contribution in [1.29, 1.82) is 0 Å². The van der Waals surface area contributed by atoms with E-state index >= 15 is 0 Å². The molecule has 4 aromatic rings. The first-order chi connectivity index (χ1) is 16.8. The van der Waals surface area contributed by atoms with Gasteiger partial charge in [0.15, 0.2) is 0 Å². The van der Waals surface area contributed by atoms with Crippen LogP contribution in [0.15, 0.2) is 60.7 Å². The van der Waals surface area contributed by atoms with Crippen LogP contribution >= 0.6 is 34.5 Å². The summed E-state index contributed by atoms with van der Waals surface area (Å²) < 4.78 is 1.09. The molecule has 35 heavy (non-hydrogen) atoms. The number of halogens is 2. The summed E-state index contributed by atoms with van der Waals surface area (Å²) in [4.78, 5) is 22.5. The number of anilines is 2. The minimum Gasteiger partial charge on any atom is -0.368 e. The fraction of sp³-hybridized carbons (Fsp3) is 0.259. The molecule has 5 rings (SSSR count). The standard InChI is InChI=1S/C27H26Cl2N4OS/c1-16-14-33(15-17(2)32(16)3)19-9-10-20(23(29)13-19)26(34)30-18-8-11-22(28)21(12-18)27-31-24-6-4-5-7-25(24)35-27/h4-13,16-17H,14-15H2,1-3H3,(H,30,34)/t16-,17+. The van der Waals surface area contributed by atoms with Gasteiger partial charge in [-0.15, -0.1) is 11.3 Å². The molecule has 0 saturated carbocycles. The molecule has 2 atom stereocenters. The van der Waals surface area contributed by atoms with E-state index in [1.165, 1.54) is 0 Å². The van der Waals surface area contributed by atoms with Gasteiger partial charge in [-0.2, -0.15) is 0 Å². The molecular formula is C27H26Cl2N4OS. The van der Waals surface area contributed by atoms with Crippen LogP contribution in [0.1, 0.15) is 24.2 Å². The lowest BCUT2D eigenvalue weighted by atomic mass is 10.1.